The van der Waals surface area contributed by atoms with Gasteiger partial charge in [0.1, 0.15) is 0 Å². The molecule has 1 aliphatic carbocycles. The number of nitrogens with one attached hydrogen (secondary N) is 1. The molecule has 0 heterocycles. The number of hydrogen-bond acceptors (Lipinski definition) is 1. The molecule has 102 valence electrons. The summed E-state index contributed by atoms with van der Waals surface area (Å²) in [4.78, 5) is 0. The van der Waals surface area contributed by atoms with E-state index in [1.807, 2.05) is 0 Å². The average molecular weight is 239 g/mol. The molecule has 1 aliphatic rings. The van der Waals surface area contributed by atoms with Gasteiger partial charge in [0.15, 0.2) is 0 Å². The van der Waals surface area contributed by atoms with E-state index >= 15 is 0 Å². The lowest BCUT2D eigenvalue weighted by molar-refractivity contribution is 0.129. The monoisotopic (exact) mass is 239 g/mol. The van der Waals surface area contributed by atoms with Gasteiger partial charge in [-0.05, 0) is 62.3 Å². The first-order valence-electron chi connectivity index (χ1n) is 7.51. The third-order valence-corrected chi connectivity index (χ3v) is 4.66. The van der Waals surface area contributed by atoms with Crippen molar-refractivity contribution in [3.05, 3.63) is 0 Å². The molecule has 1 heteroatoms. The molecule has 0 aromatic rings. The minimum Gasteiger partial charge on any atom is -0.317 e. The summed E-state index contributed by atoms with van der Waals surface area (Å²) in [6.07, 6.45) is 7.07. The molecule has 1 fully saturated rings. The van der Waals surface area contributed by atoms with Crippen LogP contribution < -0.4 is 5.32 Å². The first kappa shape index (κ1) is 15.0. The van der Waals surface area contributed by atoms with Crippen molar-refractivity contribution in [1.29, 1.82) is 0 Å². The van der Waals surface area contributed by atoms with Crippen molar-refractivity contribution < 1.29 is 0 Å². The number of hydrogen-bond donors (Lipinski definition) is 1. The van der Waals surface area contributed by atoms with Gasteiger partial charge in [0.25, 0.3) is 0 Å². The van der Waals surface area contributed by atoms with Crippen LogP contribution in [0.4, 0.5) is 0 Å². The van der Waals surface area contributed by atoms with Crippen LogP contribution in [0.15, 0.2) is 0 Å². The minimum atomic E-state index is 0.512. The summed E-state index contributed by atoms with van der Waals surface area (Å²) in [5.41, 5.74) is 0.512. The van der Waals surface area contributed by atoms with Gasteiger partial charge in [-0.2, -0.15) is 0 Å². The topological polar surface area (TPSA) is 12.0 Å². The summed E-state index contributed by atoms with van der Waals surface area (Å²) >= 11 is 0. The average Bonchev–Trinajstić information content (AvgIpc) is 2.24. The Morgan fingerprint density at radius 2 is 1.59 bits per heavy atom. The lowest BCUT2D eigenvalue weighted by Crippen LogP contribution is -2.38. The van der Waals surface area contributed by atoms with E-state index in [9.17, 15) is 0 Å². The Bertz CT molecular complexity index is 206. The fourth-order valence-electron chi connectivity index (χ4n) is 3.44. The molecule has 0 amide bonds. The Morgan fingerprint density at radius 3 is 1.94 bits per heavy atom. The quantitative estimate of drug-likeness (QED) is 0.763. The lowest BCUT2D eigenvalue weighted by atomic mass is 9.68. The van der Waals surface area contributed by atoms with E-state index in [2.05, 4.69) is 47.0 Å². The highest BCUT2D eigenvalue weighted by molar-refractivity contribution is 4.85. The van der Waals surface area contributed by atoms with Crippen LogP contribution in [-0.2, 0) is 0 Å². The van der Waals surface area contributed by atoms with E-state index in [-0.39, 0.29) is 0 Å². The number of rotatable bonds is 4. The van der Waals surface area contributed by atoms with E-state index < -0.39 is 0 Å². The second kappa shape index (κ2) is 6.22. The van der Waals surface area contributed by atoms with Crippen LogP contribution in [-0.4, -0.2) is 13.1 Å². The van der Waals surface area contributed by atoms with Crippen molar-refractivity contribution in [3.8, 4) is 0 Å². The van der Waals surface area contributed by atoms with E-state index in [1.165, 1.54) is 32.1 Å². The summed E-state index contributed by atoms with van der Waals surface area (Å²) in [5.74, 6) is 2.67. The van der Waals surface area contributed by atoms with Crippen LogP contribution in [0.3, 0.4) is 0 Å². The molecular formula is C16H33N. The van der Waals surface area contributed by atoms with Crippen molar-refractivity contribution in [1.82, 2.24) is 5.32 Å². The smallest absolute Gasteiger partial charge is 0.00947 e. The molecular weight excluding hydrogens is 206 g/mol. The first-order chi connectivity index (χ1) is 7.84. The lowest BCUT2D eigenvalue weighted by Gasteiger charge is -2.39. The van der Waals surface area contributed by atoms with E-state index in [1.54, 1.807) is 0 Å². The summed E-state index contributed by atoms with van der Waals surface area (Å²) in [7, 11) is 2.14. The van der Waals surface area contributed by atoms with Gasteiger partial charge < -0.3 is 5.32 Å². The zero-order valence-electron chi connectivity index (χ0n) is 12.8. The highest BCUT2D eigenvalue weighted by Crippen LogP contribution is 2.41. The molecule has 1 N–H and O–H groups in total. The predicted molar refractivity (Wildman–Crippen MR) is 77.2 cm³/mol. The SMILES string of the molecule is CNC(CC(C)C)C1CCC(C(C)(C)C)CC1. The molecule has 0 aromatic heterocycles. The third-order valence-electron chi connectivity index (χ3n) is 4.66. The van der Waals surface area contributed by atoms with Crippen molar-refractivity contribution in [2.24, 2.45) is 23.2 Å². The summed E-state index contributed by atoms with van der Waals surface area (Å²) < 4.78 is 0. The Balaban J connectivity index is 2.44. The van der Waals surface area contributed by atoms with Crippen molar-refractivity contribution in [2.75, 3.05) is 7.05 Å². The van der Waals surface area contributed by atoms with Crippen LogP contribution >= 0.6 is 0 Å². The summed E-state index contributed by atoms with van der Waals surface area (Å²) in [5, 5.41) is 3.56. The Labute approximate surface area is 109 Å². The van der Waals surface area contributed by atoms with Crippen LogP contribution in [0.5, 0.6) is 0 Å². The van der Waals surface area contributed by atoms with Gasteiger partial charge in [0.2, 0.25) is 0 Å². The van der Waals surface area contributed by atoms with Gasteiger partial charge in [-0.3, -0.25) is 0 Å². The van der Waals surface area contributed by atoms with Gasteiger partial charge in [0, 0.05) is 6.04 Å². The standard InChI is InChI=1S/C16H33N/c1-12(2)11-15(17-6)13-7-9-14(10-8-13)16(3,4)5/h12-15,17H,7-11H2,1-6H3. The molecule has 1 unspecified atom stereocenters. The molecule has 1 atom stereocenters. The molecule has 0 spiro atoms. The van der Waals surface area contributed by atoms with Gasteiger partial charge >= 0.3 is 0 Å². The van der Waals surface area contributed by atoms with Crippen LogP contribution in [0, 0.1) is 23.2 Å². The van der Waals surface area contributed by atoms with Crippen LogP contribution in [0.25, 0.3) is 0 Å². The fraction of sp³-hybridized carbons (Fsp3) is 1.00. The maximum atomic E-state index is 3.56. The van der Waals surface area contributed by atoms with E-state index in [4.69, 9.17) is 0 Å². The van der Waals surface area contributed by atoms with Gasteiger partial charge in [0.05, 0.1) is 0 Å². The maximum Gasteiger partial charge on any atom is 0.00947 e. The maximum absolute atomic E-state index is 3.56. The van der Waals surface area contributed by atoms with Gasteiger partial charge in [-0.15, -0.1) is 0 Å². The largest absolute Gasteiger partial charge is 0.317 e. The molecule has 0 saturated heterocycles. The second-order valence-corrected chi connectivity index (χ2v) is 7.50. The van der Waals surface area contributed by atoms with Gasteiger partial charge in [-0.1, -0.05) is 34.6 Å². The highest BCUT2D eigenvalue weighted by atomic mass is 14.9. The fourth-order valence-corrected chi connectivity index (χ4v) is 3.44. The molecule has 1 nitrogen and oxygen atoms in total. The van der Waals surface area contributed by atoms with Crippen molar-refractivity contribution >= 4 is 0 Å². The molecule has 0 aliphatic heterocycles. The molecule has 1 rings (SSSR count). The highest BCUT2D eigenvalue weighted by Gasteiger charge is 2.32. The summed E-state index contributed by atoms with van der Waals surface area (Å²) in [6, 6.07) is 0.746. The van der Waals surface area contributed by atoms with Crippen molar-refractivity contribution in [3.63, 3.8) is 0 Å². The molecule has 0 aromatic carbocycles. The van der Waals surface area contributed by atoms with Crippen LogP contribution in [0.1, 0.15) is 66.7 Å². The van der Waals surface area contributed by atoms with Gasteiger partial charge in [-0.25, -0.2) is 0 Å². The second-order valence-electron chi connectivity index (χ2n) is 7.50. The molecule has 0 bridgehead atoms. The first-order valence-corrected chi connectivity index (χ1v) is 7.51. The minimum absolute atomic E-state index is 0.512. The van der Waals surface area contributed by atoms with Crippen LogP contribution in [0.2, 0.25) is 0 Å². The predicted octanol–water partition coefficient (Wildman–Crippen LogP) is 4.47. The molecule has 1 saturated carbocycles. The summed E-state index contributed by atoms with van der Waals surface area (Å²) in [6.45, 7) is 11.9. The van der Waals surface area contributed by atoms with E-state index in [0.717, 1.165) is 23.8 Å². The molecule has 17 heavy (non-hydrogen) atoms. The Hall–Kier alpha value is -0.0400. The Kier molecular flexibility index (Phi) is 5.50. The Morgan fingerprint density at radius 1 is 1.06 bits per heavy atom. The zero-order valence-corrected chi connectivity index (χ0v) is 12.8. The normalized spacial score (nSPS) is 28.4. The van der Waals surface area contributed by atoms with Crippen molar-refractivity contribution in [2.45, 2.75) is 72.8 Å². The zero-order chi connectivity index (χ0) is 13.1. The third kappa shape index (κ3) is 4.62. The van der Waals surface area contributed by atoms with E-state index in [0.29, 0.717) is 5.41 Å². The molecule has 0 radical (unpaired) electrons.